The number of carbonyl (C=O) groups is 1. The maximum atomic E-state index is 15.6. The van der Waals surface area contributed by atoms with Crippen molar-refractivity contribution in [1.29, 1.82) is 0 Å². The zero-order chi connectivity index (χ0) is 43.1. The number of benzene rings is 2. The molecule has 3 heterocycles. The van der Waals surface area contributed by atoms with Gasteiger partial charge in [0, 0.05) is 35.7 Å². The number of nitrogen functional groups attached to an aromatic ring is 1. The Hall–Kier alpha value is -5.15. The topological polar surface area (TPSA) is 138 Å². The van der Waals surface area contributed by atoms with Crippen LogP contribution >= 0.6 is 11.6 Å². The summed E-state index contributed by atoms with van der Waals surface area (Å²) in [5.74, 6) is -3.90. The first kappa shape index (κ1) is 42.0. The molecule has 2 aliphatic carbocycles. The van der Waals surface area contributed by atoms with Gasteiger partial charge in [0.05, 0.1) is 32.9 Å². The van der Waals surface area contributed by atoms with Crippen molar-refractivity contribution >= 4 is 44.1 Å². The third-order valence-electron chi connectivity index (χ3n) is 11.0. The fourth-order valence-electron chi connectivity index (χ4n) is 7.66. The minimum Gasteiger partial charge on any atom is -0.382 e. The van der Waals surface area contributed by atoms with E-state index in [1.807, 2.05) is 0 Å². The smallest absolute Gasteiger partial charge is 0.382 e. The van der Waals surface area contributed by atoms with E-state index in [2.05, 4.69) is 27.4 Å². The molecular formula is C40H37ClF7N7O3S. The second-order valence-corrected chi connectivity index (χ2v) is 18.7. The van der Waals surface area contributed by atoms with Crippen LogP contribution in [-0.2, 0) is 46.7 Å². The van der Waals surface area contributed by atoms with Crippen molar-refractivity contribution in [3.63, 3.8) is 0 Å². The molecule has 0 spiro atoms. The lowest BCUT2D eigenvalue weighted by atomic mass is 9.93. The van der Waals surface area contributed by atoms with Crippen LogP contribution in [0.4, 0.5) is 36.6 Å². The molecule has 0 aliphatic heterocycles. The summed E-state index contributed by atoms with van der Waals surface area (Å²) in [6.07, 6.45) is -4.49. The lowest BCUT2D eigenvalue weighted by Gasteiger charge is -2.23. The number of amides is 1. The average Bonchev–Trinajstić information content (AvgIpc) is 3.82. The van der Waals surface area contributed by atoms with Gasteiger partial charge in [-0.05, 0) is 80.8 Å². The first-order chi connectivity index (χ1) is 27.4. The monoisotopic (exact) mass is 863 g/mol. The molecular weight excluding hydrogens is 827 g/mol. The number of alkyl halides is 5. The van der Waals surface area contributed by atoms with Crippen LogP contribution in [-0.4, -0.2) is 48.9 Å². The first-order valence-corrected chi connectivity index (χ1v) is 20.3. The zero-order valence-electron chi connectivity index (χ0n) is 32.1. The molecule has 2 aromatic carbocycles. The molecule has 3 aromatic heterocycles. The van der Waals surface area contributed by atoms with Crippen molar-refractivity contribution in [2.45, 2.75) is 87.6 Å². The highest BCUT2D eigenvalue weighted by molar-refractivity contribution is 7.93. The standard InChI is InChI=1S/C40H37ClF7N7O3S/c1-19-20(2)39(44,45)36-31(19)35(40(46,47)48)52-55(36)18-30(56)51-29(16-21-14-22(42)17-23(43)15-21)33-26(27-10-11-28(41)32-34(27)54(5)53-37(32)49)9-6-24(50-33)12-13-38(3,4)59(57,58)25-7-8-25/h6,9-11,14-15,17,19-20,25,29H,7-8,16,18H2,1-5H3,(H2,49,53)(H,51,56)/t19-,20+,29-/m0/s1. The molecule has 7 rings (SSSR count). The van der Waals surface area contributed by atoms with E-state index in [1.165, 1.54) is 37.6 Å². The normalized spacial score (nSPS) is 18.4. The SMILES string of the molecule is C[C@@H]1c2c(C(F)(F)F)nn(CC(=O)N[C@@H](Cc3cc(F)cc(F)c3)c3nc(C#CC(C)(C)S(=O)(=O)C4CC4)ccc3-c3ccc(Cl)c4c(N)nn(C)c34)c2C(F)(F)[C@@H]1C. The Balaban J connectivity index is 1.39. The summed E-state index contributed by atoms with van der Waals surface area (Å²) in [5.41, 5.74) is 4.03. The number of hydrogen-bond donors (Lipinski definition) is 2. The molecule has 2 aliphatic rings. The Morgan fingerprint density at radius 3 is 2.32 bits per heavy atom. The highest BCUT2D eigenvalue weighted by Gasteiger charge is 2.57. The summed E-state index contributed by atoms with van der Waals surface area (Å²) in [6.45, 7) is 4.16. The number of pyridine rings is 1. The fraction of sp³-hybridized carbons (Fsp3) is 0.400. The Kier molecular flexibility index (Phi) is 10.3. The Morgan fingerprint density at radius 1 is 1.05 bits per heavy atom. The number of fused-ring (bicyclic) bond motifs is 2. The number of carbonyl (C=O) groups excluding carboxylic acids is 1. The molecule has 3 atom stereocenters. The van der Waals surface area contributed by atoms with Crippen LogP contribution in [0.15, 0.2) is 42.5 Å². The molecule has 59 heavy (non-hydrogen) atoms. The van der Waals surface area contributed by atoms with Crippen LogP contribution in [0.25, 0.3) is 22.0 Å². The van der Waals surface area contributed by atoms with Crippen LogP contribution in [0.3, 0.4) is 0 Å². The number of nitrogens with two attached hydrogens (primary N) is 1. The number of nitrogens with one attached hydrogen (secondary N) is 1. The van der Waals surface area contributed by atoms with Crippen LogP contribution in [0.2, 0.25) is 5.02 Å². The first-order valence-electron chi connectivity index (χ1n) is 18.4. The van der Waals surface area contributed by atoms with Gasteiger partial charge in [0.1, 0.15) is 34.3 Å². The van der Waals surface area contributed by atoms with Gasteiger partial charge in [0.15, 0.2) is 21.3 Å². The van der Waals surface area contributed by atoms with Crippen LogP contribution in [0.1, 0.15) is 86.4 Å². The largest absolute Gasteiger partial charge is 0.435 e. The number of aryl methyl sites for hydroxylation is 1. The van der Waals surface area contributed by atoms with Crippen molar-refractivity contribution in [3.8, 4) is 23.0 Å². The molecule has 0 bridgehead atoms. The quantitative estimate of drug-likeness (QED) is 0.113. The van der Waals surface area contributed by atoms with E-state index in [1.54, 1.807) is 19.2 Å². The Bertz CT molecular complexity index is 2690. The van der Waals surface area contributed by atoms with Gasteiger partial charge >= 0.3 is 6.18 Å². The van der Waals surface area contributed by atoms with Gasteiger partial charge in [-0.15, -0.1) is 0 Å². The maximum absolute atomic E-state index is 15.6. The van der Waals surface area contributed by atoms with Gasteiger partial charge in [-0.3, -0.25) is 14.2 Å². The molecule has 1 amide bonds. The van der Waals surface area contributed by atoms with Gasteiger partial charge in [-0.1, -0.05) is 37.4 Å². The number of rotatable bonds is 9. The van der Waals surface area contributed by atoms with Crippen molar-refractivity contribution in [2.24, 2.45) is 13.0 Å². The van der Waals surface area contributed by atoms with E-state index in [-0.39, 0.29) is 33.4 Å². The second-order valence-electron chi connectivity index (χ2n) is 15.5. The van der Waals surface area contributed by atoms with Crippen molar-refractivity contribution < 1.29 is 43.9 Å². The molecule has 5 aromatic rings. The molecule has 19 heteroatoms. The molecule has 312 valence electrons. The number of anilines is 1. The predicted octanol–water partition coefficient (Wildman–Crippen LogP) is 8.02. The highest BCUT2D eigenvalue weighted by atomic mass is 35.5. The van der Waals surface area contributed by atoms with E-state index < -0.39 is 97.3 Å². The average molecular weight is 864 g/mol. The van der Waals surface area contributed by atoms with E-state index in [4.69, 9.17) is 22.3 Å². The van der Waals surface area contributed by atoms with Gasteiger partial charge in [-0.25, -0.2) is 22.2 Å². The lowest BCUT2D eigenvalue weighted by Crippen LogP contribution is -2.35. The predicted molar refractivity (Wildman–Crippen MR) is 206 cm³/mol. The summed E-state index contributed by atoms with van der Waals surface area (Å²) in [5, 5.41) is 10.5. The summed E-state index contributed by atoms with van der Waals surface area (Å²) in [6, 6.07) is 7.44. The van der Waals surface area contributed by atoms with E-state index in [9.17, 15) is 35.2 Å². The molecule has 0 radical (unpaired) electrons. The van der Waals surface area contributed by atoms with E-state index in [0.29, 0.717) is 40.1 Å². The third kappa shape index (κ3) is 7.51. The Morgan fingerprint density at radius 2 is 1.69 bits per heavy atom. The molecule has 1 saturated carbocycles. The van der Waals surface area contributed by atoms with Crippen molar-refractivity contribution in [1.82, 2.24) is 29.9 Å². The van der Waals surface area contributed by atoms with Crippen molar-refractivity contribution in [3.05, 3.63) is 93.0 Å². The fourth-order valence-corrected chi connectivity index (χ4v) is 9.70. The summed E-state index contributed by atoms with van der Waals surface area (Å²) >= 11 is 6.52. The van der Waals surface area contributed by atoms with E-state index >= 15 is 8.78 Å². The summed E-state index contributed by atoms with van der Waals surface area (Å²) in [7, 11) is -2.07. The minimum absolute atomic E-state index is 0.00433. The summed E-state index contributed by atoms with van der Waals surface area (Å²) in [4.78, 5) is 18.8. The highest BCUT2D eigenvalue weighted by Crippen LogP contribution is 2.55. The molecule has 0 saturated heterocycles. The lowest BCUT2D eigenvalue weighted by molar-refractivity contribution is -0.143. The van der Waals surface area contributed by atoms with Gasteiger partial charge in [-0.2, -0.15) is 32.1 Å². The summed E-state index contributed by atoms with van der Waals surface area (Å²) < 4.78 is 130. The van der Waals surface area contributed by atoms with Gasteiger partial charge in [0.2, 0.25) is 5.91 Å². The molecule has 1 fully saturated rings. The molecule has 3 N–H and O–H groups in total. The van der Waals surface area contributed by atoms with Crippen LogP contribution in [0.5, 0.6) is 0 Å². The number of halogens is 8. The number of hydrogen-bond acceptors (Lipinski definition) is 7. The minimum atomic E-state index is -5.11. The van der Waals surface area contributed by atoms with Crippen LogP contribution < -0.4 is 11.1 Å². The molecule has 0 unspecified atom stereocenters. The van der Waals surface area contributed by atoms with Gasteiger partial charge in [0.25, 0.3) is 5.92 Å². The maximum Gasteiger partial charge on any atom is 0.435 e. The van der Waals surface area contributed by atoms with Crippen LogP contribution in [0, 0.1) is 29.4 Å². The molecule has 10 nitrogen and oxygen atoms in total. The number of aromatic nitrogens is 5. The third-order valence-corrected chi connectivity index (χ3v) is 14.2. The van der Waals surface area contributed by atoms with Crippen molar-refractivity contribution in [2.75, 3.05) is 5.73 Å². The second kappa shape index (κ2) is 14.5. The zero-order valence-corrected chi connectivity index (χ0v) is 33.7. The van der Waals surface area contributed by atoms with Gasteiger partial charge < -0.3 is 11.1 Å². The Labute approximate surface area is 339 Å². The number of sulfone groups is 1. The number of nitrogens with zero attached hydrogens (tertiary/aromatic N) is 5. The van der Waals surface area contributed by atoms with E-state index in [0.717, 1.165) is 19.1 Å².